The monoisotopic (exact) mass is 533 g/mol. The van der Waals surface area contributed by atoms with Gasteiger partial charge in [0.05, 0.1) is 13.0 Å². The van der Waals surface area contributed by atoms with Crippen molar-refractivity contribution in [2.45, 2.75) is 57.5 Å². The van der Waals surface area contributed by atoms with E-state index >= 15 is 0 Å². The molecule has 0 saturated heterocycles. The van der Waals surface area contributed by atoms with Crippen LogP contribution in [0.15, 0.2) is 54.6 Å². The van der Waals surface area contributed by atoms with Crippen LogP contribution in [-0.4, -0.2) is 54.4 Å². The van der Waals surface area contributed by atoms with Crippen molar-refractivity contribution >= 4 is 34.5 Å². The number of aromatic amines is 1. The van der Waals surface area contributed by atoms with Gasteiger partial charge in [-0.3, -0.25) is 19.2 Å². The number of amides is 2. The number of rotatable bonds is 12. The number of unbranched alkanes of at least 4 members (excludes halogenated alkanes) is 1. The van der Waals surface area contributed by atoms with Crippen LogP contribution >= 0.6 is 0 Å². The van der Waals surface area contributed by atoms with Gasteiger partial charge >= 0.3 is 5.97 Å². The van der Waals surface area contributed by atoms with Crippen molar-refractivity contribution in [2.24, 2.45) is 5.92 Å². The van der Waals surface area contributed by atoms with Crippen LogP contribution in [0, 0.1) is 5.92 Å². The summed E-state index contributed by atoms with van der Waals surface area (Å²) in [5.74, 6) is -1.35. The summed E-state index contributed by atoms with van der Waals surface area (Å²) in [6, 6.07) is 14.7. The topological polar surface area (TPSA) is 127 Å². The molecule has 9 nitrogen and oxygen atoms in total. The zero-order chi connectivity index (χ0) is 27.8. The van der Waals surface area contributed by atoms with E-state index in [4.69, 9.17) is 9.47 Å². The van der Waals surface area contributed by atoms with Crippen LogP contribution in [-0.2, 0) is 14.3 Å². The van der Waals surface area contributed by atoms with Crippen LogP contribution in [0.25, 0.3) is 10.9 Å². The first-order chi connectivity index (χ1) is 18.9. The Morgan fingerprint density at radius 3 is 2.59 bits per heavy atom. The number of ether oxygens (including phenoxy) is 2. The Hall–Kier alpha value is -4.14. The zero-order valence-corrected chi connectivity index (χ0v) is 22.3. The summed E-state index contributed by atoms with van der Waals surface area (Å²) in [6.45, 7) is 1.67. The van der Waals surface area contributed by atoms with Crippen LogP contribution in [0.3, 0.4) is 0 Å². The summed E-state index contributed by atoms with van der Waals surface area (Å²) in [7, 11) is 1.58. The van der Waals surface area contributed by atoms with Gasteiger partial charge < -0.3 is 25.1 Å². The van der Waals surface area contributed by atoms with Crippen LogP contribution < -0.4 is 15.4 Å². The molecule has 1 heterocycles. The molecule has 1 aromatic heterocycles. The van der Waals surface area contributed by atoms with E-state index in [0.29, 0.717) is 36.3 Å². The molecule has 0 bridgehead atoms. The van der Waals surface area contributed by atoms with Crippen molar-refractivity contribution in [3.05, 3.63) is 65.9 Å². The van der Waals surface area contributed by atoms with E-state index in [2.05, 4.69) is 15.6 Å². The van der Waals surface area contributed by atoms with Crippen molar-refractivity contribution < 1.29 is 28.7 Å². The molecule has 2 aromatic carbocycles. The molecule has 1 fully saturated rings. The van der Waals surface area contributed by atoms with Gasteiger partial charge in [-0.15, -0.1) is 0 Å². The Morgan fingerprint density at radius 1 is 1.05 bits per heavy atom. The summed E-state index contributed by atoms with van der Waals surface area (Å²) < 4.78 is 10.6. The minimum atomic E-state index is -0.754. The minimum Gasteiger partial charge on any atom is -0.497 e. The lowest BCUT2D eigenvalue weighted by Crippen LogP contribution is -2.51. The van der Waals surface area contributed by atoms with Gasteiger partial charge in [0.15, 0.2) is 12.4 Å². The van der Waals surface area contributed by atoms with Crippen molar-refractivity contribution in [3.8, 4) is 5.75 Å². The molecule has 206 valence electrons. The summed E-state index contributed by atoms with van der Waals surface area (Å²) >= 11 is 0. The van der Waals surface area contributed by atoms with Crippen LogP contribution in [0.1, 0.15) is 66.3 Å². The maximum absolute atomic E-state index is 13.3. The molecule has 0 spiro atoms. The molecule has 3 aromatic rings. The Morgan fingerprint density at radius 2 is 1.85 bits per heavy atom. The summed E-state index contributed by atoms with van der Waals surface area (Å²) in [4.78, 5) is 54.6. The average Bonchev–Trinajstić information content (AvgIpc) is 3.60. The number of H-pyrrole nitrogens is 1. The second-order valence-corrected chi connectivity index (χ2v) is 9.85. The van der Waals surface area contributed by atoms with E-state index in [1.54, 1.807) is 43.5 Å². The largest absolute Gasteiger partial charge is 0.497 e. The standard InChI is InChI=1S/C30H35N3O6/c1-3-4-12-25(33-29(36)26-17-20-16-21(38-2)14-15-23(20)31-26)28(35)32-24-13-8-11-22(24)30(37)39-18-27(34)19-9-6-5-7-10-19/h5-7,9-10,14-17,22,24-25,31H,3-4,8,11-13,18H2,1-2H3,(H,32,35)(H,33,36)/t22-,24+,25+/m1/s1. The van der Waals surface area contributed by atoms with Gasteiger partial charge in [0.1, 0.15) is 17.5 Å². The molecule has 3 N–H and O–H groups in total. The number of carbonyl (C=O) groups excluding carboxylic acids is 4. The fourth-order valence-electron chi connectivity index (χ4n) is 4.92. The quantitative estimate of drug-likeness (QED) is 0.237. The molecule has 0 aliphatic heterocycles. The third-order valence-corrected chi connectivity index (χ3v) is 7.13. The number of hydrogen-bond donors (Lipinski definition) is 3. The second-order valence-electron chi connectivity index (χ2n) is 9.85. The van der Waals surface area contributed by atoms with Gasteiger partial charge in [0.2, 0.25) is 5.91 Å². The van der Waals surface area contributed by atoms with Gasteiger partial charge in [-0.1, -0.05) is 56.5 Å². The third kappa shape index (κ3) is 7.04. The van der Waals surface area contributed by atoms with Gasteiger partial charge in [-0.05, 0) is 43.5 Å². The first-order valence-electron chi connectivity index (χ1n) is 13.4. The number of benzene rings is 2. The fourth-order valence-corrected chi connectivity index (χ4v) is 4.92. The van der Waals surface area contributed by atoms with Crippen molar-refractivity contribution in [1.29, 1.82) is 0 Å². The number of Topliss-reactive ketones (excluding diaryl/α,β-unsaturated/α-hetero) is 1. The summed E-state index contributed by atoms with van der Waals surface area (Å²) in [5, 5.41) is 6.66. The normalized spacial score (nSPS) is 17.4. The highest BCUT2D eigenvalue weighted by atomic mass is 16.5. The predicted octanol–water partition coefficient (Wildman–Crippen LogP) is 4.18. The van der Waals surface area contributed by atoms with Gasteiger partial charge in [0.25, 0.3) is 5.91 Å². The number of methoxy groups -OCH3 is 1. The molecule has 39 heavy (non-hydrogen) atoms. The number of aromatic nitrogens is 1. The van der Waals surface area contributed by atoms with Crippen molar-refractivity contribution in [1.82, 2.24) is 15.6 Å². The Balaban J connectivity index is 1.37. The molecule has 4 rings (SSSR count). The van der Waals surface area contributed by atoms with Crippen LogP contribution in [0.4, 0.5) is 0 Å². The van der Waals surface area contributed by atoms with Crippen LogP contribution in [0.2, 0.25) is 0 Å². The lowest BCUT2D eigenvalue weighted by molar-refractivity contribution is -0.148. The Kier molecular flexibility index (Phi) is 9.35. The second kappa shape index (κ2) is 13.1. The first kappa shape index (κ1) is 27.9. The Labute approximate surface area is 227 Å². The number of hydrogen-bond acceptors (Lipinski definition) is 6. The van der Waals surface area contributed by atoms with E-state index in [1.807, 2.05) is 25.1 Å². The summed E-state index contributed by atoms with van der Waals surface area (Å²) in [6.07, 6.45) is 4.02. The van der Waals surface area contributed by atoms with E-state index < -0.39 is 24.0 Å². The lowest BCUT2D eigenvalue weighted by Gasteiger charge is -2.24. The molecule has 1 saturated carbocycles. The predicted molar refractivity (Wildman–Crippen MR) is 147 cm³/mol. The third-order valence-electron chi connectivity index (χ3n) is 7.13. The first-order valence-corrected chi connectivity index (χ1v) is 13.4. The smallest absolute Gasteiger partial charge is 0.311 e. The molecular formula is C30H35N3O6. The lowest BCUT2D eigenvalue weighted by atomic mass is 10.0. The molecule has 1 aliphatic carbocycles. The maximum atomic E-state index is 13.3. The fraction of sp³-hybridized carbons (Fsp3) is 0.400. The van der Waals surface area contributed by atoms with E-state index in [1.165, 1.54) is 0 Å². The molecular weight excluding hydrogens is 498 g/mol. The van der Waals surface area contributed by atoms with Gasteiger partial charge in [-0.2, -0.15) is 0 Å². The molecule has 2 amide bonds. The SMILES string of the molecule is CCCC[C@H](NC(=O)c1cc2cc(OC)ccc2[nH]1)C(=O)N[C@H]1CCC[C@H]1C(=O)OCC(=O)c1ccccc1. The Bertz CT molecular complexity index is 1320. The highest BCUT2D eigenvalue weighted by Gasteiger charge is 2.37. The van der Waals surface area contributed by atoms with E-state index in [9.17, 15) is 19.2 Å². The molecule has 0 radical (unpaired) electrons. The number of esters is 1. The maximum Gasteiger partial charge on any atom is 0.311 e. The zero-order valence-electron chi connectivity index (χ0n) is 22.3. The summed E-state index contributed by atoms with van der Waals surface area (Å²) in [5.41, 5.74) is 1.61. The van der Waals surface area contributed by atoms with Crippen molar-refractivity contribution in [3.63, 3.8) is 0 Å². The number of ketones is 1. The van der Waals surface area contributed by atoms with Gasteiger partial charge in [-0.25, -0.2) is 0 Å². The van der Waals surface area contributed by atoms with E-state index in [-0.39, 0.29) is 24.2 Å². The highest BCUT2D eigenvalue weighted by molar-refractivity contribution is 6.00. The molecule has 9 heteroatoms. The number of fused-ring (bicyclic) bond motifs is 1. The number of carbonyl (C=O) groups is 4. The van der Waals surface area contributed by atoms with Gasteiger partial charge in [0, 0.05) is 22.5 Å². The average molecular weight is 534 g/mol. The molecule has 1 aliphatic rings. The number of nitrogens with one attached hydrogen (secondary N) is 3. The molecule has 0 unspecified atom stereocenters. The highest BCUT2D eigenvalue weighted by Crippen LogP contribution is 2.27. The van der Waals surface area contributed by atoms with E-state index in [0.717, 1.165) is 30.2 Å². The molecule has 3 atom stereocenters. The van der Waals surface area contributed by atoms with Crippen LogP contribution in [0.5, 0.6) is 5.75 Å². The van der Waals surface area contributed by atoms with Crippen molar-refractivity contribution in [2.75, 3.05) is 13.7 Å². The minimum absolute atomic E-state index is 0.278.